The van der Waals surface area contributed by atoms with E-state index in [-0.39, 0.29) is 10.8 Å². The van der Waals surface area contributed by atoms with Gasteiger partial charge in [0.2, 0.25) is 5.43 Å². The van der Waals surface area contributed by atoms with E-state index in [1.54, 1.807) is 0 Å². The van der Waals surface area contributed by atoms with E-state index in [1.807, 2.05) is 54.7 Å². The van der Waals surface area contributed by atoms with E-state index in [1.165, 1.54) is 27.6 Å². The quantitative estimate of drug-likeness (QED) is 0.200. The van der Waals surface area contributed by atoms with Crippen molar-refractivity contribution in [2.24, 2.45) is 0 Å². The number of pyridine rings is 1. The Kier molecular flexibility index (Phi) is 4.79. The summed E-state index contributed by atoms with van der Waals surface area (Å²) in [4.78, 5) is 18.1. The van der Waals surface area contributed by atoms with Gasteiger partial charge >= 0.3 is 0 Å². The summed E-state index contributed by atoms with van der Waals surface area (Å²) in [5.74, 6) is 0. The van der Waals surface area contributed by atoms with Gasteiger partial charge in [0.05, 0.1) is 16.3 Å². The molecule has 0 saturated carbocycles. The molecule has 0 saturated heterocycles. The minimum Gasteiger partial charge on any atom is -0.456 e. The molecule has 0 fully saturated rings. The maximum atomic E-state index is 13.3. The van der Waals surface area contributed by atoms with E-state index in [4.69, 9.17) is 9.40 Å². The van der Waals surface area contributed by atoms with Crippen molar-refractivity contribution in [1.82, 2.24) is 9.55 Å². The molecule has 0 spiro atoms. The van der Waals surface area contributed by atoms with Crippen LogP contribution in [-0.2, 0) is 5.41 Å². The summed E-state index contributed by atoms with van der Waals surface area (Å²) in [5, 5.41) is 3.52. The molecule has 0 atom stereocenters. The van der Waals surface area contributed by atoms with Crippen LogP contribution >= 0.6 is 0 Å². The molecule has 1 aliphatic carbocycles. The number of hydrogen-bond acceptors (Lipinski definition) is 3. The predicted octanol–water partition coefficient (Wildman–Crippen LogP) is 9.41. The fourth-order valence-corrected chi connectivity index (χ4v) is 7.08. The first-order valence-corrected chi connectivity index (χ1v) is 14.6. The van der Waals surface area contributed by atoms with Gasteiger partial charge in [-0.2, -0.15) is 0 Å². The van der Waals surface area contributed by atoms with E-state index in [9.17, 15) is 4.79 Å². The van der Waals surface area contributed by atoms with E-state index in [0.29, 0.717) is 21.9 Å². The van der Waals surface area contributed by atoms with Crippen molar-refractivity contribution >= 4 is 43.9 Å². The molecule has 9 rings (SSSR count). The second-order valence-corrected chi connectivity index (χ2v) is 12.0. The molecule has 4 heteroatoms. The number of hydrogen-bond donors (Lipinski definition) is 0. The monoisotopic (exact) mass is 554 g/mol. The third kappa shape index (κ3) is 3.32. The normalized spacial score (nSPS) is 13.6. The molecule has 0 radical (unpaired) electrons. The van der Waals surface area contributed by atoms with Crippen LogP contribution in [0.3, 0.4) is 0 Å². The van der Waals surface area contributed by atoms with Crippen molar-refractivity contribution in [3.63, 3.8) is 0 Å². The van der Waals surface area contributed by atoms with Crippen LogP contribution in [0.5, 0.6) is 0 Å². The summed E-state index contributed by atoms with van der Waals surface area (Å²) in [5.41, 5.74) is 11.6. The summed E-state index contributed by atoms with van der Waals surface area (Å²) in [6.45, 7) is 4.63. The molecular formula is C39H26N2O2. The predicted molar refractivity (Wildman–Crippen MR) is 175 cm³/mol. The van der Waals surface area contributed by atoms with Crippen LogP contribution in [0.4, 0.5) is 0 Å². The molecule has 8 aromatic rings. The first-order chi connectivity index (χ1) is 21.0. The average molecular weight is 555 g/mol. The smallest absolute Gasteiger partial charge is 0.200 e. The van der Waals surface area contributed by atoms with Crippen molar-refractivity contribution in [2.45, 2.75) is 19.3 Å². The molecule has 0 N–H and O–H groups in total. The molecule has 4 nitrogen and oxygen atoms in total. The fourth-order valence-electron chi connectivity index (χ4n) is 7.08. The van der Waals surface area contributed by atoms with E-state index < -0.39 is 0 Å². The topological polar surface area (TPSA) is 48.0 Å². The van der Waals surface area contributed by atoms with Crippen LogP contribution in [0.2, 0.25) is 0 Å². The number of benzene rings is 5. The van der Waals surface area contributed by atoms with Crippen LogP contribution in [0.1, 0.15) is 25.0 Å². The Bertz CT molecular complexity index is 2500. The molecule has 3 heterocycles. The summed E-state index contributed by atoms with van der Waals surface area (Å²) in [7, 11) is 0. The van der Waals surface area contributed by atoms with Crippen molar-refractivity contribution in [2.75, 3.05) is 0 Å². The molecule has 43 heavy (non-hydrogen) atoms. The van der Waals surface area contributed by atoms with Gasteiger partial charge in [-0.15, -0.1) is 0 Å². The number of fused-ring (bicyclic) bond motifs is 8. The molecule has 0 amide bonds. The lowest BCUT2D eigenvalue weighted by molar-refractivity contribution is 0.660. The molecule has 1 aliphatic rings. The first kappa shape index (κ1) is 24.2. The van der Waals surface area contributed by atoms with Crippen molar-refractivity contribution in [3.8, 4) is 27.9 Å². The highest BCUT2D eigenvalue weighted by Crippen LogP contribution is 2.50. The van der Waals surface area contributed by atoms with Gasteiger partial charge in [-0.3, -0.25) is 9.36 Å². The molecule has 0 bridgehead atoms. The fraction of sp³-hybridized carbons (Fsp3) is 0.0769. The summed E-state index contributed by atoms with van der Waals surface area (Å²) in [6.07, 6.45) is 1.86. The van der Waals surface area contributed by atoms with Crippen LogP contribution in [0, 0.1) is 0 Å². The van der Waals surface area contributed by atoms with Crippen molar-refractivity contribution < 1.29 is 4.42 Å². The molecule has 0 unspecified atom stereocenters. The van der Waals surface area contributed by atoms with Gasteiger partial charge in [-0.1, -0.05) is 68.4 Å². The first-order valence-electron chi connectivity index (χ1n) is 14.6. The number of rotatable bonds is 2. The largest absolute Gasteiger partial charge is 0.456 e. The van der Waals surface area contributed by atoms with Gasteiger partial charge < -0.3 is 4.42 Å². The molecule has 3 aromatic heterocycles. The Morgan fingerprint density at radius 2 is 1.37 bits per heavy atom. The third-order valence-corrected chi connectivity index (χ3v) is 9.26. The van der Waals surface area contributed by atoms with Crippen LogP contribution < -0.4 is 5.43 Å². The maximum absolute atomic E-state index is 13.3. The standard InChI is InChI=1S/C39H26N2O2/c1-39(2)32-11-5-3-8-26(32)29-21-30-27-10-7-19-40-38(27)41(34(30)22-33(29)39)25-16-13-23(14-17-25)24-15-18-36-31(20-24)37(42)28-9-4-6-12-35(28)43-36/h3-22H,1-2H3. The second kappa shape index (κ2) is 8.52. The van der Waals surface area contributed by atoms with Crippen LogP contribution in [0.15, 0.2) is 131 Å². The van der Waals surface area contributed by atoms with Gasteiger partial charge in [0, 0.05) is 28.1 Å². The zero-order chi connectivity index (χ0) is 28.9. The zero-order valence-electron chi connectivity index (χ0n) is 23.8. The number of aromatic nitrogens is 2. The summed E-state index contributed by atoms with van der Waals surface area (Å²) >= 11 is 0. The Labute approximate surface area is 247 Å². The minimum atomic E-state index is -0.0905. The zero-order valence-corrected chi connectivity index (χ0v) is 23.8. The van der Waals surface area contributed by atoms with Crippen molar-refractivity contribution in [1.29, 1.82) is 0 Å². The maximum Gasteiger partial charge on any atom is 0.200 e. The second-order valence-electron chi connectivity index (χ2n) is 12.0. The van der Waals surface area contributed by atoms with Crippen molar-refractivity contribution in [3.05, 3.63) is 143 Å². The number of nitrogens with zero attached hydrogens (tertiary/aromatic N) is 2. The Balaban J connectivity index is 1.21. The van der Waals surface area contributed by atoms with E-state index in [2.05, 4.69) is 85.1 Å². The highest BCUT2D eigenvalue weighted by molar-refractivity contribution is 6.10. The summed E-state index contributed by atoms with van der Waals surface area (Å²) < 4.78 is 8.30. The van der Waals surface area contributed by atoms with Gasteiger partial charge in [-0.05, 0) is 94.0 Å². The highest BCUT2D eigenvalue weighted by Gasteiger charge is 2.36. The van der Waals surface area contributed by atoms with Crippen LogP contribution in [0.25, 0.3) is 71.8 Å². The minimum absolute atomic E-state index is 0.00992. The highest BCUT2D eigenvalue weighted by atomic mass is 16.3. The molecule has 204 valence electrons. The molecule has 5 aromatic carbocycles. The Morgan fingerprint density at radius 1 is 0.628 bits per heavy atom. The molecular weight excluding hydrogens is 528 g/mol. The van der Waals surface area contributed by atoms with Gasteiger partial charge in [-0.25, -0.2) is 4.98 Å². The van der Waals surface area contributed by atoms with E-state index >= 15 is 0 Å². The Hall–Kier alpha value is -5.48. The molecule has 0 aliphatic heterocycles. The van der Waals surface area contributed by atoms with Gasteiger partial charge in [0.1, 0.15) is 16.8 Å². The lowest BCUT2D eigenvalue weighted by Crippen LogP contribution is -2.14. The van der Waals surface area contributed by atoms with Gasteiger partial charge in [0.25, 0.3) is 0 Å². The number of para-hydroxylation sites is 1. The summed E-state index contributed by atoms with van der Waals surface area (Å²) in [6, 6.07) is 39.4. The Morgan fingerprint density at radius 3 is 2.26 bits per heavy atom. The van der Waals surface area contributed by atoms with E-state index in [0.717, 1.165) is 33.4 Å². The third-order valence-electron chi connectivity index (χ3n) is 9.26. The lowest BCUT2D eigenvalue weighted by Gasteiger charge is -2.21. The SMILES string of the molecule is CC1(C)c2ccccc2-c2cc3c4cccnc4n(-c4ccc(-c5ccc6oc7ccccc7c(=O)c6c5)cc4)c3cc21. The van der Waals surface area contributed by atoms with Gasteiger partial charge in [0.15, 0.2) is 0 Å². The lowest BCUT2D eigenvalue weighted by atomic mass is 9.82. The average Bonchev–Trinajstić information content (AvgIpc) is 3.49. The van der Waals surface area contributed by atoms with Crippen LogP contribution in [-0.4, -0.2) is 9.55 Å².